The van der Waals surface area contributed by atoms with Gasteiger partial charge in [-0.05, 0) is 25.5 Å². The fourth-order valence-corrected chi connectivity index (χ4v) is 3.85. The number of halogens is 2. The molecule has 1 amide bonds. The standard InChI is InChI=1S/C18H26ClN3O3.ClH/c1-3-25-17-15(19)10-13(11-16(17)24-2)18(23)22-7-4-14(12-22)21-8-5-20-6-9-21;/h10-11,14,20H,3-9,12H2,1-2H3;1H. The van der Waals surface area contributed by atoms with Gasteiger partial charge in [0.15, 0.2) is 11.5 Å². The number of rotatable bonds is 5. The summed E-state index contributed by atoms with van der Waals surface area (Å²) >= 11 is 6.30. The lowest BCUT2D eigenvalue weighted by Crippen LogP contribution is -2.49. The molecule has 2 saturated heterocycles. The molecule has 0 bridgehead atoms. The second kappa shape index (κ2) is 9.65. The molecule has 6 nitrogen and oxygen atoms in total. The van der Waals surface area contributed by atoms with Crippen LogP contribution in [0.2, 0.25) is 5.02 Å². The Morgan fingerprint density at radius 1 is 1.31 bits per heavy atom. The van der Waals surface area contributed by atoms with E-state index in [1.165, 1.54) is 0 Å². The molecular formula is C18H27Cl2N3O3. The number of nitrogens with zero attached hydrogens (tertiary/aromatic N) is 2. The Hall–Kier alpha value is -1.21. The number of hydrogen-bond acceptors (Lipinski definition) is 5. The minimum absolute atomic E-state index is 0. The average Bonchev–Trinajstić information content (AvgIpc) is 3.13. The lowest BCUT2D eigenvalue weighted by atomic mass is 10.1. The number of likely N-dealkylation sites (tertiary alicyclic amines) is 1. The molecule has 2 aliphatic heterocycles. The zero-order valence-corrected chi connectivity index (χ0v) is 16.9. The van der Waals surface area contributed by atoms with Gasteiger partial charge in [-0.3, -0.25) is 9.69 Å². The molecule has 1 aromatic carbocycles. The van der Waals surface area contributed by atoms with Gasteiger partial charge in [-0.25, -0.2) is 0 Å². The van der Waals surface area contributed by atoms with E-state index < -0.39 is 0 Å². The zero-order chi connectivity index (χ0) is 17.8. The maximum Gasteiger partial charge on any atom is 0.254 e. The van der Waals surface area contributed by atoms with Crippen LogP contribution in [0.5, 0.6) is 11.5 Å². The molecular weight excluding hydrogens is 377 g/mol. The average molecular weight is 404 g/mol. The number of amides is 1. The lowest BCUT2D eigenvalue weighted by Gasteiger charge is -2.32. The molecule has 0 radical (unpaired) electrons. The summed E-state index contributed by atoms with van der Waals surface area (Å²) in [6, 6.07) is 3.85. The highest BCUT2D eigenvalue weighted by atomic mass is 35.5. The van der Waals surface area contributed by atoms with E-state index in [2.05, 4.69) is 10.2 Å². The summed E-state index contributed by atoms with van der Waals surface area (Å²) in [5, 5.41) is 3.77. The van der Waals surface area contributed by atoms with E-state index in [4.69, 9.17) is 21.1 Å². The van der Waals surface area contributed by atoms with Crippen molar-refractivity contribution in [3.05, 3.63) is 22.7 Å². The van der Waals surface area contributed by atoms with E-state index in [0.717, 1.165) is 45.7 Å². The molecule has 3 rings (SSSR count). The molecule has 0 spiro atoms. The van der Waals surface area contributed by atoms with Crippen molar-refractivity contribution >= 4 is 29.9 Å². The van der Waals surface area contributed by atoms with Crippen LogP contribution >= 0.6 is 24.0 Å². The van der Waals surface area contributed by atoms with Gasteiger partial charge < -0.3 is 19.7 Å². The Labute approximate surface area is 166 Å². The van der Waals surface area contributed by atoms with Crippen molar-refractivity contribution in [2.24, 2.45) is 0 Å². The van der Waals surface area contributed by atoms with E-state index in [-0.39, 0.29) is 18.3 Å². The molecule has 0 aromatic heterocycles. The van der Waals surface area contributed by atoms with E-state index in [1.54, 1.807) is 19.2 Å². The second-order valence-corrected chi connectivity index (χ2v) is 6.81. The third kappa shape index (κ3) is 4.55. The van der Waals surface area contributed by atoms with Gasteiger partial charge in [0.2, 0.25) is 0 Å². The summed E-state index contributed by atoms with van der Waals surface area (Å²) in [7, 11) is 1.55. The van der Waals surface area contributed by atoms with Gasteiger partial charge in [0.1, 0.15) is 0 Å². The van der Waals surface area contributed by atoms with Crippen LogP contribution in [-0.2, 0) is 0 Å². The fraction of sp³-hybridized carbons (Fsp3) is 0.611. The number of hydrogen-bond donors (Lipinski definition) is 1. The van der Waals surface area contributed by atoms with Crippen molar-refractivity contribution in [1.29, 1.82) is 0 Å². The van der Waals surface area contributed by atoms with E-state index in [0.29, 0.717) is 34.7 Å². The highest BCUT2D eigenvalue weighted by Gasteiger charge is 2.32. The Balaban J connectivity index is 0.00000243. The zero-order valence-electron chi connectivity index (χ0n) is 15.3. The molecule has 2 aliphatic rings. The van der Waals surface area contributed by atoms with Crippen LogP contribution in [0.25, 0.3) is 0 Å². The molecule has 8 heteroatoms. The van der Waals surface area contributed by atoms with Crippen molar-refractivity contribution in [1.82, 2.24) is 15.1 Å². The SMILES string of the molecule is CCOc1c(Cl)cc(C(=O)N2CCC(N3CCNCC3)C2)cc1OC.Cl. The predicted octanol–water partition coefficient (Wildman–Crippen LogP) is 2.29. The van der Waals surface area contributed by atoms with Gasteiger partial charge in [0.25, 0.3) is 5.91 Å². The van der Waals surface area contributed by atoms with Crippen molar-refractivity contribution in [3.63, 3.8) is 0 Å². The summed E-state index contributed by atoms with van der Waals surface area (Å²) in [6.07, 6.45) is 1.02. The molecule has 0 aliphatic carbocycles. The smallest absolute Gasteiger partial charge is 0.254 e. The number of carbonyl (C=O) groups is 1. The van der Waals surface area contributed by atoms with Crippen LogP contribution in [0.3, 0.4) is 0 Å². The number of carbonyl (C=O) groups excluding carboxylic acids is 1. The summed E-state index contributed by atoms with van der Waals surface area (Å²) < 4.78 is 10.9. The van der Waals surface area contributed by atoms with Crippen molar-refractivity contribution in [2.45, 2.75) is 19.4 Å². The second-order valence-electron chi connectivity index (χ2n) is 6.40. The third-order valence-electron chi connectivity index (χ3n) is 4.88. The first-order chi connectivity index (χ1) is 12.1. The quantitative estimate of drug-likeness (QED) is 0.816. The molecule has 2 fully saturated rings. The van der Waals surface area contributed by atoms with Gasteiger partial charge in [0.05, 0.1) is 18.7 Å². The largest absolute Gasteiger partial charge is 0.493 e. The predicted molar refractivity (Wildman–Crippen MR) is 105 cm³/mol. The van der Waals surface area contributed by atoms with Crippen LogP contribution < -0.4 is 14.8 Å². The summed E-state index contributed by atoms with van der Waals surface area (Å²) in [5.74, 6) is 0.986. The maximum atomic E-state index is 12.9. The molecule has 0 saturated carbocycles. The van der Waals surface area contributed by atoms with Gasteiger partial charge >= 0.3 is 0 Å². The first-order valence-electron chi connectivity index (χ1n) is 8.88. The summed E-state index contributed by atoms with van der Waals surface area (Å²) in [6.45, 7) is 8.07. The van der Waals surface area contributed by atoms with Crippen LogP contribution in [0.1, 0.15) is 23.7 Å². The van der Waals surface area contributed by atoms with Crippen LogP contribution in [-0.4, -0.2) is 74.7 Å². The van der Waals surface area contributed by atoms with Crippen LogP contribution in [0, 0.1) is 0 Å². The minimum Gasteiger partial charge on any atom is -0.493 e. The van der Waals surface area contributed by atoms with E-state index in [9.17, 15) is 4.79 Å². The Kier molecular flexibility index (Phi) is 7.83. The highest BCUT2D eigenvalue weighted by molar-refractivity contribution is 6.32. The molecule has 26 heavy (non-hydrogen) atoms. The monoisotopic (exact) mass is 403 g/mol. The Bertz CT molecular complexity index is 624. The third-order valence-corrected chi connectivity index (χ3v) is 5.16. The summed E-state index contributed by atoms with van der Waals surface area (Å²) in [5.41, 5.74) is 0.547. The number of piperazine rings is 1. The lowest BCUT2D eigenvalue weighted by molar-refractivity contribution is 0.0773. The first-order valence-corrected chi connectivity index (χ1v) is 9.26. The van der Waals surface area contributed by atoms with E-state index in [1.807, 2.05) is 11.8 Å². The normalized spacial score (nSPS) is 20.6. The minimum atomic E-state index is 0. The molecule has 1 aromatic rings. The number of methoxy groups -OCH3 is 1. The topological polar surface area (TPSA) is 54.0 Å². The number of benzene rings is 1. The van der Waals surface area contributed by atoms with Gasteiger partial charge in [-0.15, -0.1) is 12.4 Å². The highest BCUT2D eigenvalue weighted by Crippen LogP contribution is 2.37. The Morgan fingerprint density at radius 2 is 2.04 bits per heavy atom. The van der Waals surface area contributed by atoms with Gasteiger partial charge in [-0.2, -0.15) is 0 Å². The first kappa shape index (κ1) is 21.1. The van der Waals surface area contributed by atoms with E-state index >= 15 is 0 Å². The van der Waals surface area contributed by atoms with Gasteiger partial charge in [0, 0.05) is 50.9 Å². The van der Waals surface area contributed by atoms with Crippen molar-refractivity contribution in [3.8, 4) is 11.5 Å². The number of ether oxygens (including phenoxy) is 2. The van der Waals surface area contributed by atoms with Gasteiger partial charge in [-0.1, -0.05) is 11.6 Å². The maximum absolute atomic E-state index is 12.9. The van der Waals surface area contributed by atoms with Crippen LogP contribution in [0.4, 0.5) is 0 Å². The molecule has 2 heterocycles. The molecule has 1 unspecified atom stereocenters. The Morgan fingerprint density at radius 3 is 2.69 bits per heavy atom. The van der Waals surface area contributed by atoms with Crippen LogP contribution in [0.15, 0.2) is 12.1 Å². The number of nitrogens with one attached hydrogen (secondary N) is 1. The fourth-order valence-electron chi connectivity index (χ4n) is 3.58. The van der Waals surface area contributed by atoms with Crippen molar-refractivity contribution in [2.75, 3.05) is 53.0 Å². The summed E-state index contributed by atoms with van der Waals surface area (Å²) in [4.78, 5) is 17.3. The molecule has 146 valence electrons. The molecule has 1 atom stereocenters. The molecule has 1 N–H and O–H groups in total. The van der Waals surface area contributed by atoms with Crippen molar-refractivity contribution < 1.29 is 14.3 Å².